The molecule has 1 aromatic heterocycles. The lowest BCUT2D eigenvalue weighted by Gasteiger charge is -2.23. The lowest BCUT2D eigenvalue weighted by atomic mass is 9.85. The molecule has 0 amide bonds. The predicted molar refractivity (Wildman–Crippen MR) is 81.1 cm³/mol. The molecule has 1 aromatic carbocycles. The summed E-state index contributed by atoms with van der Waals surface area (Å²) in [5.41, 5.74) is 3.31. The third-order valence-electron chi connectivity index (χ3n) is 4.37. The summed E-state index contributed by atoms with van der Waals surface area (Å²) in [4.78, 5) is 11.5. The number of carboxylic acid groups (broad SMARTS) is 1. The second-order valence-electron chi connectivity index (χ2n) is 5.78. The molecule has 1 saturated carbocycles. The van der Waals surface area contributed by atoms with Gasteiger partial charge in [-0.25, -0.2) is 9.48 Å². The Morgan fingerprint density at radius 1 is 1.24 bits per heavy atom. The summed E-state index contributed by atoms with van der Waals surface area (Å²) >= 11 is 0. The van der Waals surface area contributed by atoms with Gasteiger partial charge in [0.15, 0.2) is 0 Å². The van der Waals surface area contributed by atoms with Crippen molar-refractivity contribution in [2.24, 2.45) is 0 Å². The van der Waals surface area contributed by atoms with E-state index in [4.69, 9.17) is 0 Å². The van der Waals surface area contributed by atoms with Gasteiger partial charge < -0.3 is 5.11 Å². The smallest absolute Gasteiger partial charge is 0.339 e. The van der Waals surface area contributed by atoms with Crippen molar-refractivity contribution in [3.8, 4) is 5.69 Å². The second-order valence-corrected chi connectivity index (χ2v) is 5.78. The van der Waals surface area contributed by atoms with Gasteiger partial charge in [0.1, 0.15) is 5.56 Å². The lowest BCUT2D eigenvalue weighted by molar-refractivity contribution is 0.0694. The van der Waals surface area contributed by atoms with Crippen molar-refractivity contribution in [3.05, 3.63) is 47.3 Å². The molecule has 3 rings (SSSR count). The molecule has 1 fully saturated rings. The van der Waals surface area contributed by atoms with Crippen LogP contribution in [-0.2, 0) is 0 Å². The highest BCUT2D eigenvalue weighted by Crippen LogP contribution is 2.35. The van der Waals surface area contributed by atoms with Crippen molar-refractivity contribution < 1.29 is 9.90 Å². The Labute approximate surface area is 124 Å². The Morgan fingerprint density at radius 3 is 2.62 bits per heavy atom. The first-order valence-electron chi connectivity index (χ1n) is 7.55. The first-order valence-corrected chi connectivity index (χ1v) is 7.55. The maximum absolute atomic E-state index is 11.5. The summed E-state index contributed by atoms with van der Waals surface area (Å²) in [6.45, 7) is 2.03. The van der Waals surface area contributed by atoms with Gasteiger partial charge in [-0.05, 0) is 31.4 Å². The van der Waals surface area contributed by atoms with E-state index in [-0.39, 0.29) is 0 Å². The zero-order valence-corrected chi connectivity index (χ0v) is 12.2. The Hall–Kier alpha value is -2.10. The Morgan fingerprint density at radius 2 is 1.95 bits per heavy atom. The first-order chi connectivity index (χ1) is 10.2. The predicted octanol–water partition coefficient (Wildman–Crippen LogP) is 3.93. The fourth-order valence-electron chi connectivity index (χ4n) is 3.28. The molecular weight excluding hydrogens is 264 g/mol. The molecule has 0 radical (unpaired) electrons. The van der Waals surface area contributed by atoms with Gasteiger partial charge in [-0.3, -0.25) is 0 Å². The molecule has 0 spiro atoms. The minimum atomic E-state index is -0.879. The van der Waals surface area contributed by atoms with E-state index >= 15 is 0 Å². The SMILES string of the molecule is Cc1ccccc1-n1ncc(C(=O)O)c1C1CCCCC1. The number of rotatable bonds is 3. The molecule has 0 aliphatic heterocycles. The summed E-state index contributed by atoms with van der Waals surface area (Å²) < 4.78 is 1.84. The van der Waals surface area contributed by atoms with E-state index in [2.05, 4.69) is 5.10 Å². The van der Waals surface area contributed by atoms with Crippen LogP contribution in [0.15, 0.2) is 30.5 Å². The van der Waals surface area contributed by atoms with Gasteiger partial charge in [0, 0.05) is 5.92 Å². The highest BCUT2D eigenvalue weighted by molar-refractivity contribution is 5.89. The van der Waals surface area contributed by atoms with E-state index in [1.807, 2.05) is 35.9 Å². The standard InChI is InChI=1S/C17H20N2O2/c1-12-7-5-6-10-15(12)19-16(13-8-3-2-4-9-13)14(11-18-19)17(20)21/h5-7,10-11,13H,2-4,8-9H2,1H3,(H,20,21). The van der Waals surface area contributed by atoms with E-state index in [9.17, 15) is 9.90 Å². The molecule has 4 nitrogen and oxygen atoms in total. The van der Waals surface area contributed by atoms with Crippen molar-refractivity contribution in [2.45, 2.75) is 44.9 Å². The molecule has 1 aliphatic rings. The van der Waals surface area contributed by atoms with Crippen LogP contribution in [0.25, 0.3) is 5.69 Å². The van der Waals surface area contributed by atoms with Gasteiger partial charge in [-0.1, -0.05) is 37.5 Å². The van der Waals surface area contributed by atoms with E-state index in [1.54, 1.807) is 0 Å². The topological polar surface area (TPSA) is 55.1 Å². The second kappa shape index (κ2) is 5.72. The minimum absolute atomic E-state index is 0.298. The van der Waals surface area contributed by atoms with Gasteiger partial charge in [-0.15, -0.1) is 0 Å². The quantitative estimate of drug-likeness (QED) is 0.929. The van der Waals surface area contributed by atoms with Crippen LogP contribution in [0.2, 0.25) is 0 Å². The van der Waals surface area contributed by atoms with Crippen molar-refractivity contribution in [3.63, 3.8) is 0 Å². The zero-order chi connectivity index (χ0) is 14.8. The number of benzene rings is 1. The maximum Gasteiger partial charge on any atom is 0.339 e. The number of hydrogen-bond donors (Lipinski definition) is 1. The highest BCUT2D eigenvalue weighted by Gasteiger charge is 2.27. The van der Waals surface area contributed by atoms with Crippen molar-refractivity contribution >= 4 is 5.97 Å². The largest absolute Gasteiger partial charge is 0.478 e. The van der Waals surface area contributed by atoms with Crippen LogP contribution in [0.1, 0.15) is 59.6 Å². The number of aryl methyl sites for hydroxylation is 1. The molecule has 0 saturated heterocycles. The number of nitrogens with zero attached hydrogens (tertiary/aromatic N) is 2. The molecule has 2 aromatic rings. The number of aromatic nitrogens is 2. The minimum Gasteiger partial charge on any atom is -0.478 e. The van der Waals surface area contributed by atoms with Gasteiger partial charge >= 0.3 is 5.97 Å². The number of carbonyl (C=O) groups is 1. The maximum atomic E-state index is 11.5. The van der Waals surface area contributed by atoms with Crippen LogP contribution in [0.3, 0.4) is 0 Å². The summed E-state index contributed by atoms with van der Waals surface area (Å²) in [5, 5.41) is 13.9. The first kappa shape index (κ1) is 13.9. The molecule has 1 N–H and O–H groups in total. The molecule has 1 heterocycles. The van der Waals surface area contributed by atoms with Gasteiger partial charge in [0.05, 0.1) is 17.6 Å². The van der Waals surface area contributed by atoms with E-state index < -0.39 is 5.97 Å². The fourth-order valence-corrected chi connectivity index (χ4v) is 3.28. The van der Waals surface area contributed by atoms with Crippen LogP contribution in [0.4, 0.5) is 0 Å². The molecule has 4 heteroatoms. The summed E-state index contributed by atoms with van der Waals surface area (Å²) in [7, 11) is 0. The fraction of sp³-hybridized carbons (Fsp3) is 0.412. The Bertz CT molecular complexity index is 655. The Balaban J connectivity index is 2.12. The van der Waals surface area contributed by atoms with E-state index in [1.165, 1.54) is 25.5 Å². The zero-order valence-electron chi connectivity index (χ0n) is 12.2. The molecule has 0 unspecified atom stereocenters. The molecule has 110 valence electrons. The summed E-state index contributed by atoms with van der Waals surface area (Å²) in [5.74, 6) is -0.581. The average Bonchev–Trinajstić information content (AvgIpc) is 2.93. The van der Waals surface area contributed by atoms with Crippen molar-refractivity contribution in [1.29, 1.82) is 0 Å². The van der Waals surface area contributed by atoms with Crippen LogP contribution in [-0.4, -0.2) is 20.9 Å². The number of aromatic carboxylic acids is 1. The van der Waals surface area contributed by atoms with Gasteiger partial charge in [0.25, 0.3) is 0 Å². The van der Waals surface area contributed by atoms with E-state index in [0.29, 0.717) is 11.5 Å². The lowest BCUT2D eigenvalue weighted by Crippen LogP contribution is -2.15. The van der Waals surface area contributed by atoms with Gasteiger partial charge in [-0.2, -0.15) is 5.10 Å². The number of para-hydroxylation sites is 1. The van der Waals surface area contributed by atoms with Crippen LogP contribution in [0, 0.1) is 6.92 Å². The van der Waals surface area contributed by atoms with Gasteiger partial charge in [0.2, 0.25) is 0 Å². The normalized spacial score (nSPS) is 16.0. The molecular formula is C17H20N2O2. The molecule has 1 aliphatic carbocycles. The average molecular weight is 284 g/mol. The van der Waals surface area contributed by atoms with Crippen LogP contribution >= 0.6 is 0 Å². The highest BCUT2D eigenvalue weighted by atomic mass is 16.4. The van der Waals surface area contributed by atoms with Crippen LogP contribution < -0.4 is 0 Å². The molecule has 0 bridgehead atoms. The molecule has 21 heavy (non-hydrogen) atoms. The monoisotopic (exact) mass is 284 g/mol. The number of carboxylic acids is 1. The third kappa shape index (κ3) is 2.58. The number of hydrogen-bond acceptors (Lipinski definition) is 2. The van der Waals surface area contributed by atoms with Crippen molar-refractivity contribution in [2.75, 3.05) is 0 Å². The van der Waals surface area contributed by atoms with Crippen LogP contribution in [0.5, 0.6) is 0 Å². The summed E-state index contributed by atoms with van der Waals surface area (Å²) in [6, 6.07) is 7.98. The van der Waals surface area contributed by atoms with E-state index in [0.717, 1.165) is 29.8 Å². The summed E-state index contributed by atoms with van der Waals surface area (Å²) in [6.07, 6.45) is 7.19. The van der Waals surface area contributed by atoms with Crippen molar-refractivity contribution in [1.82, 2.24) is 9.78 Å². The third-order valence-corrected chi connectivity index (χ3v) is 4.37. The molecule has 0 atom stereocenters. The Kier molecular flexibility index (Phi) is 3.78.